The van der Waals surface area contributed by atoms with Crippen LogP contribution in [0.25, 0.3) is 11.3 Å². The molecule has 0 amide bonds. The highest BCUT2D eigenvalue weighted by atomic mass is 16.4. The number of carboxylic acid groups (broad SMARTS) is 1. The summed E-state index contributed by atoms with van der Waals surface area (Å²) in [7, 11) is 0. The molecule has 4 heteroatoms. The smallest absolute Gasteiger partial charge is 0.307 e. The molecule has 0 spiro atoms. The Kier molecular flexibility index (Phi) is 3.23. The van der Waals surface area contributed by atoms with Crippen molar-refractivity contribution < 1.29 is 9.90 Å². The minimum atomic E-state index is -0.820. The van der Waals surface area contributed by atoms with E-state index in [9.17, 15) is 4.79 Å². The molecule has 88 valence electrons. The summed E-state index contributed by atoms with van der Waals surface area (Å²) in [5.74, 6) is -0.820. The second kappa shape index (κ2) is 4.82. The van der Waals surface area contributed by atoms with Gasteiger partial charge < -0.3 is 10.1 Å². The molecule has 0 saturated carbocycles. The minimum Gasteiger partial charge on any atom is -0.481 e. The predicted molar refractivity (Wildman–Crippen MR) is 64.7 cm³/mol. The van der Waals surface area contributed by atoms with E-state index in [4.69, 9.17) is 5.11 Å². The van der Waals surface area contributed by atoms with Crippen LogP contribution in [0.2, 0.25) is 0 Å². The van der Waals surface area contributed by atoms with E-state index in [1.807, 2.05) is 24.3 Å². The average molecular weight is 230 g/mol. The number of aromatic nitrogens is 2. The number of hydrogen-bond acceptors (Lipinski definition) is 2. The highest BCUT2D eigenvalue weighted by Gasteiger charge is 2.08. The summed E-state index contributed by atoms with van der Waals surface area (Å²) in [6.07, 6.45) is 2.58. The van der Waals surface area contributed by atoms with Crippen LogP contribution in [0.4, 0.5) is 0 Å². The molecule has 17 heavy (non-hydrogen) atoms. The van der Waals surface area contributed by atoms with Crippen molar-refractivity contribution in [3.63, 3.8) is 0 Å². The number of imidazole rings is 1. The van der Waals surface area contributed by atoms with Gasteiger partial charge in [0.2, 0.25) is 0 Å². The summed E-state index contributed by atoms with van der Waals surface area (Å²) >= 11 is 0. The summed E-state index contributed by atoms with van der Waals surface area (Å²) in [5.41, 5.74) is 3.72. The Bertz CT molecular complexity index is 532. The first-order valence-electron chi connectivity index (χ1n) is 5.54. The molecule has 0 unspecified atom stereocenters. The van der Waals surface area contributed by atoms with Gasteiger partial charge in [0, 0.05) is 11.3 Å². The number of benzene rings is 1. The van der Waals surface area contributed by atoms with Gasteiger partial charge >= 0.3 is 5.97 Å². The van der Waals surface area contributed by atoms with Crippen LogP contribution in [0.1, 0.15) is 18.2 Å². The first kappa shape index (κ1) is 11.4. The Morgan fingerprint density at radius 1 is 1.47 bits per heavy atom. The van der Waals surface area contributed by atoms with Gasteiger partial charge in [-0.25, -0.2) is 4.98 Å². The standard InChI is InChI=1S/C13H14N2O2/c1-2-11-13(15-8-14-11)10-5-3-4-9(6-10)7-12(16)17/h3-6,8H,2,7H2,1H3,(H,14,15)(H,16,17). The minimum absolute atomic E-state index is 0.0414. The van der Waals surface area contributed by atoms with Gasteiger partial charge in [-0.3, -0.25) is 4.79 Å². The Morgan fingerprint density at radius 2 is 2.29 bits per heavy atom. The lowest BCUT2D eigenvalue weighted by atomic mass is 10.0. The largest absolute Gasteiger partial charge is 0.481 e. The Balaban J connectivity index is 2.36. The third-order valence-electron chi connectivity index (χ3n) is 2.63. The first-order chi connectivity index (χ1) is 8.20. The molecule has 0 fully saturated rings. The van der Waals surface area contributed by atoms with Crippen LogP contribution < -0.4 is 0 Å². The maximum atomic E-state index is 10.7. The third-order valence-corrected chi connectivity index (χ3v) is 2.63. The van der Waals surface area contributed by atoms with Gasteiger partial charge in [0.05, 0.1) is 18.4 Å². The van der Waals surface area contributed by atoms with E-state index in [0.29, 0.717) is 0 Å². The molecule has 1 aromatic heterocycles. The molecule has 0 atom stereocenters. The monoisotopic (exact) mass is 230 g/mol. The van der Waals surface area contributed by atoms with Crippen LogP contribution in [-0.4, -0.2) is 21.0 Å². The average Bonchev–Trinajstić information content (AvgIpc) is 2.76. The van der Waals surface area contributed by atoms with Crippen molar-refractivity contribution in [2.75, 3.05) is 0 Å². The van der Waals surface area contributed by atoms with Gasteiger partial charge in [-0.1, -0.05) is 25.1 Å². The number of aromatic amines is 1. The van der Waals surface area contributed by atoms with E-state index in [1.54, 1.807) is 6.33 Å². The number of nitrogens with zero attached hydrogens (tertiary/aromatic N) is 1. The molecule has 0 radical (unpaired) electrons. The first-order valence-corrected chi connectivity index (χ1v) is 5.54. The lowest BCUT2D eigenvalue weighted by Gasteiger charge is -2.03. The zero-order valence-electron chi connectivity index (χ0n) is 9.60. The molecule has 0 aliphatic rings. The maximum absolute atomic E-state index is 10.7. The molecule has 1 aromatic carbocycles. The van der Waals surface area contributed by atoms with Crippen molar-refractivity contribution in [3.8, 4) is 11.3 Å². The van der Waals surface area contributed by atoms with E-state index in [1.165, 1.54) is 0 Å². The zero-order chi connectivity index (χ0) is 12.3. The van der Waals surface area contributed by atoms with Crippen LogP contribution in [0.5, 0.6) is 0 Å². The summed E-state index contributed by atoms with van der Waals surface area (Å²) in [6, 6.07) is 7.50. The Labute approximate surface area is 99.3 Å². The lowest BCUT2D eigenvalue weighted by molar-refractivity contribution is -0.136. The van der Waals surface area contributed by atoms with Crippen LogP contribution in [0.3, 0.4) is 0 Å². The van der Waals surface area contributed by atoms with E-state index in [-0.39, 0.29) is 6.42 Å². The van der Waals surface area contributed by atoms with Gasteiger partial charge in [0.1, 0.15) is 0 Å². The number of carboxylic acids is 1. The molecule has 0 aliphatic heterocycles. The fraction of sp³-hybridized carbons (Fsp3) is 0.231. The number of nitrogens with one attached hydrogen (secondary N) is 1. The van der Waals surface area contributed by atoms with Gasteiger partial charge in [-0.05, 0) is 18.1 Å². The summed E-state index contributed by atoms with van der Waals surface area (Å²) < 4.78 is 0. The SMILES string of the molecule is CCc1[nH]cnc1-c1cccc(CC(=O)O)c1. The maximum Gasteiger partial charge on any atom is 0.307 e. The molecule has 0 aliphatic carbocycles. The quantitative estimate of drug-likeness (QED) is 0.846. The molecule has 0 saturated heterocycles. The highest BCUT2D eigenvalue weighted by molar-refractivity contribution is 5.71. The van der Waals surface area contributed by atoms with E-state index in [2.05, 4.69) is 16.9 Å². The molecular formula is C13H14N2O2. The highest BCUT2D eigenvalue weighted by Crippen LogP contribution is 2.21. The van der Waals surface area contributed by atoms with Crippen molar-refractivity contribution >= 4 is 5.97 Å². The summed E-state index contributed by atoms with van der Waals surface area (Å²) in [5, 5.41) is 8.77. The number of rotatable bonds is 4. The van der Waals surface area contributed by atoms with Crippen molar-refractivity contribution in [1.82, 2.24) is 9.97 Å². The number of aliphatic carboxylic acids is 1. The Morgan fingerprint density at radius 3 is 3.00 bits per heavy atom. The molecule has 1 heterocycles. The van der Waals surface area contributed by atoms with Crippen molar-refractivity contribution in [3.05, 3.63) is 41.9 Å². The van der Waals surface area contributed by atoms with Gasteiger partial charge in [-0.2, -0.15) is 0 Å². The molecule has 4 nitrogen and oxygen atoms in total. The van der Waals surface area contributed by atoms with Crippen LogP contribution >= 0.6 is 0 Å². The van der Waals surface area contributed by atoms with Gasteiger partial charge in [-0.15, -0.1) is 0 Å². The molecule has 2 aromatic rings. The van der Waals surface area contributed by atoms with Crippen molar-refractivity contribution in [1.29, 1.82) is 0 Å². The fourth-order valence-corrected chi connectivity index (χ4v) is 1.84. The normalized spacial score (nSPS) is 10.4. The predicted octanol–water partition coefficient (Wildman–Crippen LogP) is 2.27. The second-order valence-electron chi connectivity index (χ2n) is 3.85. The topological polar surface area (TPSA) is 66.0 Å². The van der Waals surface area contributed by atoms with Crippen LogP contribution in [0.15, 0.2) is 30.6 Å². The van der Waals surface area contributed by atoms with Crippen molar-refractivity contribution in [2.45, 2.75) is 19.8 Å². The fourth-order valence-electron chi connectivity index (χ4n) is 1.84. The van der Waals surface area contributed by atoms with Gasteiger partial charge in [0.25, 0.3) is 0 Å². The summed E-state index contributed by atoms with van der Waals surface area (Å²) in [4.78, 5) is 18.0. The summed E-state index contributed by atoms with van der Waals surface area (Å²) in [6.45, 7) is 2.05. The number of hydrogen-bond donors (Lipinski definition) is 2. The molecule has 2 N–H and O–H groups in total. The lowest BCUT2D eigenvalue weighted by Crippen LogP contribution is -2.00. The third kappa shape index (κ3) is 2.53. The molecule has 0 bridgehead atoms. The van der Waals surface area contributed by atoms with E-state index < -0.39 is 5.97 Å². The van der Waals surface area contributed by atoms with Crippen LogP contribution in [0, 0.1) is 0 Å². The number of aryl methyl sites for hydroxylation is 1. The second-order valence-corrected chi connectivity index (χ2v) is 3.85. The molecule has 2 rings (SSSR count). The van der Waals surface area contributed by atoms with E-state index in [0.717, 1.165) is 28.9 Å². The van der Waals surface area contributed by atoms with Crippen molar-refractivity contribution in [2.24, 2.45) is 0 Å². The van der Waals surface area contributed by atoms with E-state index >= 15 is 0 Å². The number of carbonyl (C=O) groups is 1. The Hall–Kier alpha value is -2.10. The van der Waals surface area contributed by atoms with Crippen LogP contribution in [-0.2, 0) is 17.6 Å². The van der Waals surface area contributed by atoms with Gasteiger partial charge in [0.15, 0.2) is 0 Å². The zero-order valence-corrected chi connectivity index (χ0v) is 9.60. The number of H-pyrrole nitrogens is 1. The molecular weight excluding hydrogens is 216 g/mol.